The van der Waals surface area contributed by atoms with Crippen LogP contribution in [0.3, 0.4) is 0 Å². The lowest BCUT2D eigenvalue weighted by Crippen LogP contribution is -1.96. The molecule has 2 aromatic rings. The van der Waals surface area contributed by atoms with E-state index in [9.17, 15) is 9.18 Å². The van der Waals surface area contributed by atoms with Crippen LogP contribution in [0.5, 0.6) is 0 Å². The Hall–Kier alpha value is -1.88. The highest BCUT2D eigenvalue weighted by atomic mass is 32.1. The lowest BCUT2D eigenvalue weighted by molar-refractivity contribution is 0.0703. The lowest BCUT2D eigenvalue weighted by Gasteiger charge is -2.02. The maximum absolute atomic E-state index is 13.2. The standard InChI is InChI=1S/C12H10FNO2S/c1-6-2-3-7(13)4-8(6)10-5-9(14)11(17-10)12(15)16/h2-5H,14H2,1H3,(H,15,16). The van der Waals surface area contributed by atoms with Crippen LogP contribution in [0.15, 0.2) is 24.3 Å². The molecule has 0 unspecified atom stereocenters. The predicted molar refractivity (Wildman–Crippen MR) is 65.8 cm³/mol. The van der Waals surface area contributed by atoms with Gasteiger partial charge in [-0.2, -0.15) is 0 Å². The highest BCUT2D eigenvalue weighted by Crippen LogP contribution is 2.35. The molecule has 2 rings (SSSR count). The van der Waals surface area contributed by atoms with Gasteiger partial charge in [0.15, 0.2) is 0 Å². The molecule has 0 radical (unpaired) electrons. The van der Waals surface area contributed by atoms with Gasteiger partial charge < -0.3 is 10.8 Å². The predicted octanol–water partition coefficient (Wildman–Crippen LogP) is 3.14. The van der Waals surface area contributed by atoms with Gasteiger partial charge in [0.25, 0.3) is 0 Å². The molecule has 0 saturated heterocycles. The Morgan fingerprint density at radius 1 is 1.41 bits per heavy atom. The Labute approximate surface area is 101 Å². The second-order valence-electron chi connectivity index (χ2n) is 3.66. The number of carbonyl (C=O) groups is 1. The van der Waals surface area contributed by atoms with Crippen molar-refractivity contribution in [3.63, 3.8) is 0 Å². The van der Waals surface area contributed by atoms with Gasteiger partial charge in [-0.05, 0) is 36.2 Å². The van der Waals surface area contributed by atoms with Crippen LogP contribution in [0.2, 0.25) is 0 Å². The van der Waals surface area contributed by atoms with Crippen molar-refractivity contribution in [2.45, 2.75) is 6.92 Å². The van der Waals surface area contributed by atoms with Crippen LogP contribution in [0.25, 0.3) is 10.4 Å². The first kappa shape index (κ1) is 11.6. The summed E-state index contributed by atoms with van der Waals surface area (Å²) in [5.74, 6) is -1.41. The molecule has 0 spiro atoms. The molecule has 88 valence electrons. The largest absolute Gasteiger partial charge is 0.477 e. The van der Waals surface area contributed by atoms with Crippen molar-refractivity contribution in [3.8, 4) is 10.4 Å². The zero-order chi connectivity index (χ0) is 12.6. The van der Waals surface area contributed by atoms with E-state index >= 15 is 0 Å². The molecule has 0 amide bonds. The third-order valence-corrected chi connectivity index (χ3v) is 3.59. The number of nitrogens with two attached hydrogens (primary N) is 1. The number of nitrogen functional groups attached to an aromatic ring is 1. The maximum atomic E-state index is 13.2. The maximum Gasteiger partial charge on any atom is 0.348 e. The number of rotatable bonds is 2. The molecule has 1 aromatic carbocycles. The van der Waals surface area contributed by atoms with E-state index in [0.29, 0.717) is 10.4 Å². The van der Waals surface area contributed by atoms with E-state index in [1.165, 1.54) is 12.1 Å². The molecule has 17 heavy (non-hydrogen) atoms. The van der Waals surface area contributed by atoms with Gasteiger partial charge in [0, 0.05) is 4.88 Å². The van der Waals surface area contributed by atoms with Crippen molar-refractivity contribution in [1.29, 1.82) is 0 Å². The van der Waals surface area contributed by atoms with Crippen LogP contribution >= 0.6 is 11.3 Å². The molecule has 0 aliphatic carbocycles. The molecule has 1 heterocycles. The molecular weight excluding hydrogens is 241 g/mol. The average Bonchev–Trinajstić information content (AvgIpc) is 2.64. The molecule has 1 aromatic heterocycles. The van der Waals surface area contributed by atoms with Gasteiger partial charge in [-0.3, -0.25) is 0 Å². The first-order valence-electron chi connectivity index (χ1n) is 4.88. The van der Waals surface area contributed by atoms with Gasteiger partial charge in [-0.25, -0.2) is 9.18 Å². The van der Waals surface area contributed by atoms with E-state index in [2.05, 4.69) is 0 Å². The Bertz CT molecular complexity index is 592. The Morgan fingerprint density at radius 3 is 2.71 bits per heavy atom. The fourth-order valence-electron chi connectivity index (χ4n) is 1.56. The molecule has 3 nitrogen and oxygen atoms in total. The van der Waals surface area contributed by atoms with Gasteiger partial charge in [-0.15, -0.1) is 11.3 Å². The number of carboxylic acid groups (broad SMARTS) is 1. The second kappa shape index (κ2) is 4.18. The summed E-state index contributed by atoms with van der Waals surface area (Å²) in [4.78, 5) is 11.6. The van der Waals surface area contributed by atoms with Crippen molar-refractivity contribution in [3.05, 3.63) is 40.5 Å². The third kappa shape index (κ3) is 2.14. The van der Waals surface area contributed by atoms with E-state index in [-0.39, 0.29) is 16.4 Å². The average molecular weight is 251 g/mol. The van der Waals surface area contributed by atoms with Gasteiger partial charge in [0.1, 0.15) is 10.7 Å². The fraction of sp³-hybridized carbons (Fsp3) is 0.0833. The van der Waals surface area contributed by atoms with Crippen LogP contribution in [-0.4, -0.2) is 11.1 Å². The number of hydrogen-bond donors (Lipinski definition) is 2. The zero-order valence-corrected chi connectivity index (χ0v) is 9.84. The summed E-state index contributed by atoms with van der Waals surface area (Å²) in [6.07, 6.45) is 0. The number of halogens is 1. The monoisotopic (exact) mass is 251 g/mol. The third-order valence-electron chi connectivity index (χ3n) is 2.42. The minimum atomic E-state index is -1.06. The number of hydrogen-bond acceptors (Lipinski definition) is 3. The molecule has 3 N–H and O–H groups in total. The van der Waals surface area contributed by atoms with Crippen molar-refractivity contribution in [2.24, 2.45) is 0 Å². The number of aryl methyl sites for hydroxylation is 1. The van der Waals surface area contributed by atoms with Gasteiger partial charge in [0.05, 0.1) is 5.69 Å². The number of anilines is 1. The van der Waals surface area contributed by atoms with E-state index in [4.69, 9.17) is 10.8 Å². The summed E-state index contributed by atoms with van der Waals surface area (Å²) in [7, 11) is 0. The van der Waals surface area contributed by atoms with Crippen LogP contribution in [0.4, 0.5) is 10.1 Å². The van der Waals surface area contributed by atoms with Gasteiger partial charge in [-0.1, -0.05) is 6.07 Å². The van der Waals surface area contributed by atoms with Crippen molar-refractivity contribution in [1.82, 2.24) is 0 Å². The summed E-state index contributed by atoms with van der Waals surface area (Å²) in [5, 5.41) is 8.91. The van der Waals surface area contributed by atoms with Crippen LogP contribution < -0.4 is 5.73 Å². The van der Waals surface area contributed by atoms with Gasteiger partial charge >= 0.3 is 5.97 Å². The number of thiophene rings is 1. The Morgan fingerprint density at radius 2 is 2.12 bits per heavy atom. The molecule has 0 saturated carbocycles. The fourth-order valence-corrected chi connectivity index (χ4v) is 2.56. The normalized spacial score (nSPS) is 10.5. The smallest absolute Gasteiger partial charge is 0.348 e. The molecule has 5 heteroatoms. The van der Waals surface area contributed by atoms with E-state index in [0.717, 1.165) is 16.9 Å². The first-order chi connectivity index (χ1) is 7.99. The van der Waals surface area contributed by atoms with Gasteiger partial charge in [0.2, 0.25) is 0 Å². The zero-order valence-electron chi connectivity index (χ0n) is 9.03. The van der Waals surface area contributed by atoms with E-state index in [1.807, 2.05) is 6.92 Å². The highest BCUT2D eigenvalue weighted by Gasteiger charge is 2.15. The number of carboxylic acids is 1. The lowest BCUT2D eigenvalue weighted by atomic mass is 10.1. The topological polar surface area (TPSA) is 63.3 Å². The van der Waals surface area contributed by atoms with Crippen LogP contribution in [-0.2, 0) is 0 Å². The number of benzene rings is 1. The summed E-state index contributed by atoms with van der Waals surface area (Å²) in [6, 6.07) is 5.97. The van der Waals surface area contributed by atoms with Crippen molar-refractivity contribution in [2.75, 3.05) is 5.73 Å². The minimum absolute atomic E-state index is 0.0867. The summed E-state index contributed by atoms with van der Waals surface area (Å²) in [6.45, 7) is 1.84. The number of aromatic carboxylic acids is 1. The van der Waals surface area contributed by atoms with E-state index < -0.39 is 5.97 Å². The molecular formula is C12H10FNO2S. The molecule has 0 aliphatic heterocycles. The SMILES string of the molecule is Cc1ccc(F)cc1-c1cc(N)c(C(=O)O)s1. The summed E-state index contributed by atoms with van der Waals surface area (Å²) in [5.41, 5.74) is 7.37. The summed E-state index contributed by atoms with van der Waals surface area (Å²) < 4.78 is 13.2. The van der Waals surface area contributed by atoms with Crippen LogP contribution in [0, 0.1) is 12.7 Å². The molecule has 0 aliphatic rings. The Balaban J connectivity index is 2.57. The quantitative estimate of drug-likeness (QED) is 0.861. The molecule has 0 fully saturated rings. The van der Waals surface area contributed by atoms with E-state index in [1.54, 1.807) is 12.1 Å². The van der Waals surface area contributed by atoms with Crippen molar-refractivity contribution >= 4 is 23.0 Å². The highest BCUT2D eigenvalue weighted by molar-refractivity contribution is 7.18. The Kier molecular flexibility index (Phi) is 2.85. The minimum Gasteiger partial charge on any atom is -0.477 e. The molecule has 0 atom stereocenters. The van der Waals surface area contributed by atoms with Crippen molar-refractivity contribution < 1.29 is 14.3 Å². The molecule has 0 bridgehead atoms. The second-order valence-corrected chi connectivity index (χ2v) is 4.71. The first-order valence-corrected chi connectivity index (χ1v) is 5.70. The summed E-state index contributed by atoms with van der Waals surface area (Å²) >= 11 is 1.05. The van der Waals surface area contributed by atoms with Crippen LogP contribution in [0.1, 0.15) is 15.2 Å².